The molecule has 1 aliphatic heterocycles. The Kier molecular flexibility index (Phi) is 4.21. The van der Waals surface area contributed by atoms with Crippen LogP contribution in [-0.2, 0) is 9.59 Å². The third-order valence-electron chi connectivity index (χ3n) is 4.23. The van der Waals surface area contributed by atoms with Gasteiger partial charge in [0.25, 0.3) is 0 Å². The lowest BCUT2D eigenvalue weighted by Gasteiger charge is -2.42. The van der Waals surface area contributed by atoms with Gasteiger partial charge in [-0.3, -0.25) is 9.59 Å². The highest BCUT2D eigenvalue weighted by atomic mass is 16.5. The first-order valence-electron chi connectivity index (χ1n) is 7.17. The molecule has 5 heteroatoms. The number of nitrogens with one attached hydrogen (secondary N) is 1. The lowest BCUT2D eigenvalue weighted by atomic mass is 9.92. The monoisotopic (exact) mass is 290 g/mol. The van der Waals surface area contributed by atoms with Gasteiger partial charge in [0.15, 0.2) is 0 Å². The first-order chi connectivity index (χ1) is 9.91. The summed E-state index contributed by atoms with van der Waals surface area (Å²) in [5.41, 5.74) is 0.174. The summed E-state index contributed by atoms with van der Waals surface area (Å²) in [6.45, 7) is 5.72. The van der Waals surface area contributed by atoms with Crippen molar-refractivity contribution in [2.24, 2.45) is 0 Å². The Labute approximate surface area is 125 Å². The van der Waals surface area contributed by atoms with E-state index in [1.165, 1.54) is 0 Å². The van der Waals surface area contributed by atoms with Crippen LogP contribution in [0.1, 0.15) is 38.8 Å². The predicted octanol–water partition coefficient (Wildman–Crippen LogP) is 1.88. The SMILES string of the molecule is CCC1(C)NC(=O)CN(C(C)c2ccc(OC)cc2)C1=O. The van der Waals surface area contributed by atoms with Gasteiger partial charge in [0.1, 0.15) is 17.8 Å². The van der Waals surface area contributed by atoms with Gasteiger partial charge in [0.2, 0.25) is 11.8 Å². The molecule has 1 aromatic rings. The zero-order valence-corrected chi connectivity index (χ0v) is 13.0. The smallest absolute Gasteiger partial charge is 0.248 e. The van der Waals surface area contributed by atoms with E-state index < -0.39 is 5.54 Å². The van der Waals surface area contributed by atoms with Gasteiger partial charge in [-0.2, -0.15) is 0 Å². The van der Waals surface area contributed by atoms with Crippen LogP contribution in [0.5, 0.6) is 5.75 Å². The number of ether oxygens (including phenoxy) is 1. The van der Waals surface area contributed by atoms with E-state index in [1.807, 2.05) is 38.1 Å². The van der Waals surface area contributed by atoms with Gasteiger partial charge in [-0.15, -0.1) is 0 Å². The van der Waals surface area contributed by atoms with E-state index in [0.717, 1.165) is 11.3 Å². The number of piperazine rings is 1. The van der Waals surface area contributed by atoms with Crippen molar-refractivity contribution in [1.29, 1.82) is 0 Å². The van der Waals surface area contributed by atoms with Crippen molar-refractivity contribution in [3.8, 4) is 5.75 Å². The van der Waals surface area contributed by atoms with E-state index in [0.29, 0.717) is 6.42 Å². The fourth-order valence-corrected chi connectivity index (χ4v) is 2.56. The van der Waals surface area contributed by atoms with Gasteiger partial charge in [0.05, 0.1) is 13.2 Å². The summed E-state index contributed by atoms with van der Waals surface area (Å²) in [5, 5.41) is 2.80. The largest absolute Gasteiger partial charge is 0.497 e. The van der Waals surface area contributed by atoms with Crippen molar-refractivity contribution in [3.63, 3.8) is 0 Å². The third kappa shape index (κ3) is 2.86. The molecule has 1 heterocycles. The molecule has 0 saturated carbocycles. The Morgan fingerprint density at radius 3 is 2.48 bits per heavy atom. The van der Waals surface area contributed by atoms with Crippen molar-refractivity contribution in [1.82, 2.24) is 10.2 Å². The van der Waals surface area contributed by atoms with Crippen LogP contribution < -0.4 is 10.1 Å². The number of nitrogens with zero attached hydrogens (tertiary/aromatic N) is 1. The molecule has 0 radical (unpaired) electrons. The summed E-state index contributed by atoms with van der Waals surface area (Å²) < 4.78 is 5.14. The normalized spacial score (nSPS) is 23.7. The van der Waals surface area contributed by atoms with Gasteiger partial charge >= 0.3 is 0 Å². The summed E-state index contributed by atoms with van der Waals surface area (Å²) in [5.74, 6) is 0.624. The fourth-order valence-electron chi connectivity index (χ4n) is 2.56. The summed E-state index contributed by atoms with van der Waals surface area (Å²) in [6, 6.07) is 7.41. The Hall–Kier alpha value is -2.04. The fraction of sp³-hybridized carbons (Fsp3) is 0.500. The predicted molar refractivity (Wildman–Crippen MR) is 80.0 cm³/mol. The van der Waals surface area contributed by atoms with E-state index in [9.17, 15) is 9.59 Å². The zero-order chi connectivity index (χ0) is 15.6. The number of benzene rings is 1. The minimum absolute atomic E-state index is 0.0343. The van der Waals surface area contributed by atoms with E-state index in [1.54, 1.807) is 18.9 Å². The van der Waals surface area contributed by atoms with Crippen LogP contribution in [0.3, 0.4) is 0 Å². The second-order valence-electron chi connectivity index (χ2n) is 5.62. The Morgan fingerprint density at radius 2 is 1.95 bits per heavy atom. The highest BCUT2D eigenvalue weighted by Gasteiger charge is 2.43. The van der Waals surface area contributed by atoms with Crippen LogP contribution >= 0.6 is 0 Å². The molecule has 114 valence electrons. The van der Waals surface area contributed by atoms with Crippen molar-refractivity contribution in [2.75, 3.05) is 13.7 Å². The van der Waals surface area contributed by atoms with Crippen molar-refractivity contribution in [3.05, 3.63) is 29.8 Å². The van der Waals surface area contributed by atoms with Crippen LogP contribution in [-0.4, -0.2) is 35.9 Å². The van der Waals surface area contributed by atoms with E-state index in [2.05, 4.69) is 5.32 Å². The molecular formula is C16H22N2O3. The van der Waals surface area contributed by atoms with Gasteiger partial charge < -0.3 is 15.0 Å². The Morgan fingerprint density at radius 1 is 1.33 bits per heavy atom. The van der Waals surface area contributed by atoms with Crippen LogP contribution in [0.15, 0.2) is 24.3 Å². The van der Waals surface area contributed by atoms with Gasteiger partial charge in [-0.05, 0) is 38.0 Å². The van der Waals surface area contributed by atoms with Crippen LogP contribution in [0.25, 0.3) is 0 Å². The maximum atomic E-state index is 12.6. The van der Waals surface area contributed by atoms with Gasteiger partial charge in [0, 0.05) is 0 Å². The molecule has 2 unspecified atom stereocenters. The maximum Gasteiger partial charge on any atom is 0.248 e. The first-order valence-corrected chi connectivity index (χ1v) is 7.17. The number of hydrogen-bond donors (Lipinski definition) is 1. The maximum absolute atomic E-state index is 12.6. The summed E-state index contributed by atoms with van der Waals surface area (Å²) in [4.78, 5) is 26.2. The molecule has 2 atom stereocenters. The van der Waals surface area contributed by atoms with Gasteiger partial charge in [-0.25, -0.2) is 0 Å². The van der Waals surface area contributed by atoms with Crippen molar-refractivity contribution >= 4 is 11.8 Å². The summed E-state index contributed by atoms with van der Waals surface area (Å²) >= 11 is 0. The lowest BCUT2D eigenvalue weighted by molar-refractivity contribution is -0.151. The second-order valence-corrected chi connectivity index (χ2v) is 5.62. The van der Waals surface area contributed by atoms with E-state index in [-0.39, 0.29) is 24.4 Å². The molecule has 1 N–H and O–H groups in total. The number of rotatable bonds is 4. The minimum Gasteiger partial charge on any atom is -0.497 e. The number of methoxy groups -OCH3 is 1. The molecule has 1 aliphatic rings. The molecule has 0 bridgehead atoms. The molecule has 0 aromatic heterocycles. The highest BCUT2D eigenvalue weighted by molar-refractivity contribution is 5.97. The van der Waals surface area contributed by atoms with Gasteiger partial charge in [-0.1, -0.05) is 19.1 Å². The summed E-state index contributed by atoms with van der Waals surface area (Å²) in [7, 11) is 1.61. The van der Waals surface area contributed by atoms with Crippen LogP contribution in [0.4, 0.5) is 0 Å². The van der Waals surface area contributed by atoms with Crippen LogP contribution in [0, 0.1) is 0 Å². The minimum atomic E-state index is -0.809. The van der Waals surface area contributed by atoms with E-state index in [4.69, 9.17) is 4.74 Å². The zero-order valence-electron chi connectivity index (χ0n) is 13.0. The molecule has 0 spiro atoms. The van der Waals surface area contributed by atoms with E-state index >= 15 is 0 Å². The van der Waals surface area contributed by atoms with Crippen LogP contribution in [0.2, 0.25) is 0 Å². The van der Waals surface area contributed by atoms with Crippen molar-refractivity contribution in [2.45, 2.75) is 38.8 Å². The molecule has 2 amide bonds. The quantitative estimate of drug-likeness (QED) is 0.921. The molecule has 5 nitrogen and oxygen atoms in total. The topological polar surface area (TPSA) is 58.6 Å². The number of carbonyl (C=O) groups is 2. The lowest BCUT2D eigenvalue weighted by Crippen LogP contribution is -2.65. The number of hydrogen-bond acceptors (Lipinski definition) is 3. The highest BCUT2D eigenvalue weighted by Crippen LogP contribution is 2.28. The number of amides is 2. The average molecular weight is 290 g/mol. The standard InChI is InChI=1S/C16H22N2O3/c1-5-16(3)15(20)18(10-14(19)17-16)11(2)12-6-8-13(21-4)9-7-12/h6-9,11H,5,10H2,1-4H3,(H,17,19). The molecule has 2 rings (SSSR count). The Bertz CT molecular complexity index is 541. The third-order valence-corrected chi connectivity index (χ3v) is 4.23. The number of carbonyl (C=O) groups excluding carboxylic acids is 2. The Balaban J connectivity index is 2.25. The molecule has 0 aliphatic carbocycles. The second kappa shape index (κ2) is 5.76. The summed E-state index contributed by atoms with van der Waals surface area (Å²) in [6.07, 6.45) is 0.573. The molecule has 1 fully saturated rings. The molecule has 1 saturated heterocycles. The molecule has 21 heavy (non-hydrogen) atoms. The first kappa shape index (κ1) is 15.4. The molecule has 1 aromatic carbocycles. The molecular weight excluding hydrogens is 268 g/mol. The average Bonchev–Trinajstić information content (AvgIpc) is 2.50. The van der Waals surface area contributed by atoms with Crippen molar-refractivity contribution < 1.29 is 14.3 Å².